The van der Waals surface area contributed by atoms with Gasteiger partial charge in [0.05, 0.1) is 16.6 Å². The number of aromatic nitrogens is 1. The van der Waals surface area contributed by atoms with E-state index in [2.05, 4.69) is 0 Å². The lowest BCUT2D eigenvalue weighted by Gasteiger charge is -2.10. The first-order valence-corrected chi connectivity index (χ1v) is 7.48. The molecule has 0 saturated heterocycles. The lowest BCUT2D eigenvalue weighted by atomic mass is 10.00. The first kappa shape index (κ1) is 14.7. The fourth-order valence-electron chi connectivity index (χ4n) is 2.87. The van der Waals surface area contributed by atoms with E-state index in [0.29, 0.717) is 0 Å². The van der Waals surface area contributed by atoms with Crippen LogP contribution in [-0.2, 0) is 6.18 Å². The summed E-state index contributed by atoms with van der Waals surface area (Å²) in [7, 11) is 0. The van der Waals surface area contributed by atoms with Gasteiger partial charge in [0.1, 0.15) is 0 Å². The number of halogens is 3. The van der Waals surface area contributed by atoms with Crippen LogP contribution >= 0.6 is 0 Å². The van der Waals surface area contributed by atoms with Gasteiger partial charge in [-0.25, -0.2) is 4.98 Å². The average molecular weight is 323 g/mol. The molecule has 118 valence electrons. The number of rotatable bonds is 1. The van der Waals surface area contributed by atoms with E-state index >= 15 is 0 Å². The summed E-state index contributed by atoms with van der Waals surface area (Å²) in [6, 6.07) is 20.8. The van der Waals surface area contributed by atoms with Gasteiger partial charge in [0.25, 0.3) is 0 Å². The smallest absolute Gasteiger partial charge is 0.247 e. The van der Waals surface area contributed by atoms with Gasteiger partial charge in [-0.05, 0) is 29.8 Å². The Morgan fingerprint density at radius 2 is 1.42 bits per heavy atom. The second-order valence-corrected chi connectivity index (χ2v) is 5.63. The molecule has 1 aromatic heterocycles. The third-order valence-corrected chi connectivity index (χ3v) is 4.07. The van der Waals surface area contributed by atoms with Gasteiger partial charge in [-0.2, -0.15) is 13.2 Å². The highest BCUT2D eigenvalue weighted by Gasteiger charge is 2.30. The molecule has 0 amide bonds. The molecule has 0 spiro atoms. The minimum Gasteiger partial charge on any atom is -0.247 e. The van der Waals surface area contributed by atoms with Crippen molar-refractivity contribution in [1.29, 1.82) is 0 Å². The fraction of sp³-hybridized carbons (Fsp3) is 0.0500. The number of alkyl halides is 3. The van der Waals surface area contributed by atoms with Crippen LogP contribution in [0.3, 0.4) is 0 Å². The van der Waals surface area contributed by atoms with Crippen LogP contribution < -0.4 is 0 Å². The molecule has 0 aliphatic heterocycles. The maximum atomic E-state index is 12.7. The summed E-state index contributed by atoms with van der Waals surface area (Å²) in [5.41, 5.74) is 2.55. The van der Waals surface area contributed by atoms with Gasteiger partial charge in [0.2, 0.25) is 0 Å². The quantitative estimate of drug-likeness (QED) is 0.387. The van der Waals surface area contributed by atoms with Gasteiger partial charge in [0.15, 0.2) is 0 Å². The topological polar surface area (TPSA) is 12.9 Å². The Balaban J connectivity index is 1.91. The summed E-state index contributed by atoms with van der Waals surface area (Å²) in [6.45, 7) is 0. The van der Waals surface area contributed by atoms with E-state index in [0.717, 1.165) is 45.1 Å². The number of hydrogen-bond donors (Lipinski definition) is 0. The van der Waals surface area contributed by atoms with Crippen LogP contribution in [0.25, 0.3) is 32.9 Å². The summed E-state index contributed by atoms with van der Waals surface area (Å²) in [5, 5.41) is 2.00. The van der Waals surface area contributed by atoms with Crippen molar-refractivity contribution in [3.63, 3.8) is 0 Å². The van der Waals surface area contributed by atoms with Crippen LogP contribution in [-0.4, -0.2) is 4.98 Å². The third-order valence-electron chi connectivity index (χ3n) is 4.07. The Labute approximate surface area is 136 Å². The molecule has 0 N–H and O–H groups in total. The predicted octanol–water partition coefficient (Wildman–Crippen LogP) is 6.07. The van der Waals surface area contributed by atoms with Crippen LogP contribution in [0.5, 0.6) is 0 Å². The first-order chi connectivity index (χ1) is 11.5. The van der Waals surface area contributed by atoms with Crippen LogP contribution in [0.4, 0.5) is 13.2 Å². The van der Waals surface area contributed by atoms with Crippen molar-refractivity contribution in [3.05, 3.63) is 78.4 Å². The average Bonchev–Trinajstić information content (AvgIpc) is 2.59. The van der Waals surface area contributed by atoms with Crippen molar-refractivity contribution in [2.75, 3.05) is 0 Å². The van der Waals surface area contributed by atoms with Crippen molar-refractivity contribution in [3.8, 4) is 11.1 Å². The summed E-state index contributed by atoms with van der Waals surface area (Å²) in [4.78, 5) is 4.70. The number of benzene rings is 3. The Morgan fingerprint density at radius 3 is 2.17 bits per heavy atom. The molecule has 0 unspecified atom stereocenters. The molecule has 0 saturated carbocycles. The molecule has 4 aromatic rings. The molecule has 0 aliphatic carbocycles. The van der Waals surface area contributed by atoms with Gasteiger partial charge in [0, 0.05) is 16.3 Å². The minimum atomic E-state index is -4.33. The van der Waals surface area contributed by atoms with E-state index in [9.17, 15) is 13.2 Å². The highest BCUT2D eigenvalue weighted by atomic mass is 19.4. The van der Waals surface area contributed by atoms with Crippen LogP contribution in [0.15, 0.2) is 72.8 Å². The van der Waals surface area contributed by atoms with Gasteiger partial charge in [-0.3, -0.25) is 0 Å². The SMILES string of the molecule is FC(F)(F)c1ccc(-c2cccc3cc4ccccc4nc23)cc1. The molecule has 0 bridgehead atoms. The van der Waals surface area contributed by atoms with E-state index in [4.69, 9.17) is 4.98 Å². The summed E-state index contributed by atoms with van der Waals surface area (Å²) in [5.74, 6) is 0. The second-order valence-electron chi connectivity index (χ2n) is 5.63. The molecule has 24 heavy (non-hydrogen) atoms. The van der Waals surface area contributed by atoms with E-state index in [1.807, 2.05) is 48.5 Å². The highest BCUT2D eigenvalue weighted by Crippen LogP contribution is 2.33. The Hall–Kier alpha value is -2.88. The molecule has 4 heteroatoms. The second kappa shape index (κ2) is 5.34. The van der Waals surface area contributed by atoms with Gasteiger partial charge < -0.3 is 0 Å². The molecule has 0 fully saturated rings. The molecule has 0 atom stereocenters. The number of para-hydroxylation sites is 2. The molecule has 3 aromatic carbocycles. The van der Waals surface area contributed by atoms with Crippen molar-refractivity contribution in [1.82, 2.24) is 4.98 Å². The first-order valence-electron chi connectivity index (χ1n) is 7.48. The molecule has 4 rings (SSSR count). The molecule has 0 radical (unpaired) electrons. The fourth-order valence-corrected chi connectivity index (χ4v) is 2.87. The van der Waals surface area contributed by atoms with E-state index in [1.54, 1.807) is 0 Å². The molecular formula is C20H12F3N. The number of pyridine rings is 1. The Kier molecular flexibility index (Phi) is 3.27. The summed E-state index contributed by atoms with van der Waals surface area (Å²) in [6.07, 6.45) is -4.33. The lowest BCUT2D eigenvalue weighted by molar-refractivity contribution is -0.137. The van der Waals surface area contributed by atoms with Crippen LogP contribution in [0.2, 0.25) is 0 Å². The van der Waals surface area contributed by atoms with Crippen molar-refractivity contribution >= 4 is 21.8 Å². The largest absolute Gasteiger partial charge is 0.416 e. The standard InChI is InChI=1S/C20H12F3N/c21-20(22,23)16-10-8-13(9-11-16)17-6-3-5-15-12-14-4-1-2-7-18(14)24-19(15)17/h1-12H. The molecule has 1 heterocycles. The summed E-state index contributed by atoms with van der Waals surface area (Å²) >= 11 is 0. The lowest BCUT2D eigenvalue weighted by Crippen LogP contribution is -2.04. The predicted molar refractivity (Wildman–Crippen MR) is 89.7 cm³/mol. The van der Waals surface area contributed by atoms with E-state index in [1.165, 1.54) is 12.1 Å². The number of hydrogen-bond acceptors (Lipinski definition) is 1. The molecule has 0 aliphatic rings. The molecule has 1 nitrogen and oxygen atoms in total. The van der Waals surface area contributed by atoms with Gasteiger partial charge >= 0.3 is 6.18 Å². The number of nitrogens with zero attached hydrogens (tertiary/aromatic N) is 1. The third kappa shape index (κ3) is 2.50. The van der Waals surface area contributed by atoms with Crippen LogP contribution in [0, 0.1) is 0 Å². The van der Waals surface area contributed by atoms with Crippen molar-refractivity contribution in [2.45, 2.75) is 6.18 Å². The number of fused-ring (bicyclic) bond motifs is 2. The zero-order valence-corrected chi connectivity index (χ0v) is 12.5. The van der Waals surface area contributed by atoms with E-state index < -0.39 is 11.7 Å². The maximum absolute atomic E-state index is 12.7. The Bertz CT molecular complexity index is 1030. The normalized spacial score (nSPS) is 12.0. The summed E-state index contributed by atoms with van der Waals surface area (Å²) < 4.78 is 38.2. The van der Waals surface area contributed by atoms with Crippen molar-refractivity contribution < 1.29 is 13.2 Å². The van der Waals surface area contributed by atoms with Gasteiger partial charge in [-0.15, -0.1) is 0 Å². The monoisotopic (exact) mass is 323 g/mol. The zero-order valence-electron chi connectivity index (χ0n) is 12.5. The zero-order chi connectivity index (χ0) is 16.7. The highest BCUT2D eigenvalue weighted by molar-refractivity contribution is 6.00. The maximum Gasteiger partial charge on any atom is 0.416 e. The molecular weight excluding hydrogens is 311 g/mol. The Morgan fingerprint density at radius 1 is 0.708 bits per heavy atom. The minimum absolute atomic E-state index is 0.648. The van der Waals surface area contributed by atoms with Crippen molar-refractivity contribution in [2.24, 2.45) is 0 Å². The van der Waals surface area contributed by atoms with Gasteiger partial charge in [-0.1, -0.05) is 48.5 Å². The van der Waals surface area contributed by atoms with Crippen LogP contribution in [0.1, 0.15) is 5.56 Å². The van der Waals surface area contributed by atoms with E-state index in [-0.39, 0.29) is 0 Å².